The van der Waals surface area contributed by atoms with E-state index >= 15 is 0 Å². The summed E-state index contributed by atoms with van der Waals surface area (Å²) in [4.78, 5) is 16.9. The number of Topliss-reactive ketones (excluding diaryl/α,β-unsaturated/α-hetero) is 1. The number of nitrogens with zero attached hydrogens (tertiary/aromatic N) is 1. The van der Waals surface area contributed by atoms with Crippen molar-refractivity contribution in [3.8, 4) is 17.0 Å². The lowest BCUT2D eigenvalue weighted by Gasteiger charge is -2.29. The highest BCUT2D eigenvalue weighted by Gasteiger charge is 2.34. The quantitative estimate of drug-likeness (QED) is 0.864. The van der Waals surface area contributed by atoms with Gasteiger partial charge in [0.1, 0.15) is 0 Å². The second-order valence-corrected chi connectivity index (χ2v) is 6.53. The van der Waals surface area contributed by atoms with Gasteiger partial charge < -0.3 is 5.11 Å². The maximum Gasteiger partial charge on any atom is 0.170 e. The monoisotopic (exact) mass is 299 g/mol. The summed E-state index contributed by atoms with van der Waals surface area (Å²) in [6.45, 7) is 5.54. The lowest BCUT2D eigenvalue weighted by atomic mass is 9.75. The molecule has 0 bridgehead atoms. The summed E-state index contributed by atoms with van der Waals surface area (Å²) in [5, 5.41) is 9.52. The largest absolute Gasteiger partial charge is 0.505 e. The summed E-state index contributed by atoms with van der Waals surface area (Å²) in [5.41, 5.74) is 2.77. The fourth-order valence-electron chi connectivity index (χ4n) is 2.85. The Morgan fingerprint density at radius 2 is 2.00 bits per heavy atom. The zero-order valence-electron chi connectivity index (χ0n) is 12.9. The van der Waals surface area contributed by atoms with Crippen LogP contribution in [0.15, 0.2) is 24.3 Å². The topological polar surface area (TPSA) is 50.2 Å². The van der Waals surface area contributed by atoms with E-state index in [0.717, 1.165) is 18.5 Å². The third-order valence-electron chi connectivity index (χ3n) is 4.37. The van der Waals surface area contributed by atoms with E-state index in [1.165, 1.54) is 6.07 Å². The maximum absolute atomic E-state index is 13.7. The summed E-state index contributed by atoms with van der Waals surface area (Å²) in [5.74, 6) is -0.883. The van der Waals surface area contributed by atoms with E-state index in [0.29, 0.717) is 22.4 Å². The summed E-state index contributed by atoms with van der Waals surface area (Å²) in [6.07, 6.45) is 1.50. The first-order chi connectivity index (χ1) is 10.3. The van der Waals surface area contributed by atoms with E-state index in [1.54, 1.807) is 25.1 Å². The number of hydrogen-bond donors (Lipinski definition) is 1. The summed E-state index contributed by atoms with van der Waals surface area (Å²) < 4.78 is 13.7. The molecule has 0 atom stereocenters. The van der Waals surface area contributed by atoms with Crippen LogP contribution < -0.4 is 0 Å². The Kier molecular flexibility index (Phi) is 3.28. The molecule has 0 saturated heterocycles. The SMILES string of the molecule is Cc1cc(-c2ccc3c(n2)CCC(C)(C)C3=O)cc(F)c1O. The number of halogens is 1. The van der Waals surface area contributed by atoms with Gasteiger partial charge in [-0.3, -0.25) is 9.78 Å². The predicted octanol–water partition coefficient (Wildman–Crippen LogP) is 4.06. The van der Waals surface area contributed by atoms with Gasteiger partial charge in [0.25, 0.3) is 0 Å². The van der Waals surface area contributed by atoms with Crippen LogP contribution in [0.1, 0.15) is 41.9 Å². The van der Waals surface area contributed by atoms with Crippen LogP contribution in [0, 0.1) is 18.2 Å². The Bertz CT molecular complexity index is 758. The van der Waals surface area contributed by atoms with Crippen LogP contribution >= 0.6 is 0 Å². The number of fused-ring (bicyclic) bond motifs is 1. The minimum absolute atomic E-state index is 0.112. The predicted molar refractivity (Wildman–Crippen MR) is 82.5 cm³/mol. The van der Waals surface area contributed by atoms with E-state index in [9.17, 15) is 14.3 Å². The van der Waals surface area contributed by atoms with E-state index in [4.69, 9.17) is 0 Å². The van der Waals surface area contributed by atoms with Crippen LogP contribution in [-0.2, 0) is 6.42 Å². The number of hydrogen-bond acceptors (Lipinski definition) is 3. The first-order valence-corrected chi connectivity index (χ1v) is 7.34. The first-order valence-electron chi connectivity index (χ1n) is 7.34. The molecule has 3 rings (SSSR count). The van der Waals surface area contributed by atoms with Gasteiger partial charge in [0.05, 0.1) is 11.4 Å². The van der Waals surface area contributed by atoms with Gasteiger partial charge in [0.2, 0.25) is 0 Å². The number of carbonyl (C=O) groups excluding carboxylic acids is 1. The van der Waals surface area contributed by atoms with Gasteiger partial charge in [0.15, 0.2) is 17.3 Å². The molecule has 1 heterocycles. The van der Waals surface area contributed by atoms with Crippen LogP contribution in [0.5, 0.6) is 5.75 Å². The molecule has 22 heavy (non-hydrogen) atoms. The van der Waals surface area contributed by atoms with Crippen molar-refractivity contribution in [1.82, 2.24) is 4.98 Å². The molecule has 0 radical (unpaired) electrons. The fourth-order valence-corrected chi connectivity index (χ4v) is 2.85. The Labute approximate surface area is 128 Å². The van der Waals surface area contributed by atoms with E-state index in [1.807, 2.05) is 13.8 Å². The normalized spacial score (nSPS) is 16.5. The number of carbonyl (C=O) groups is 1. The number of aromatic hydroxyl groups is 1. The number of phenols is 1. The van der Waals surface area contributed by atoms with Crippen molar-refractivity contribution >= 4 is 5.78 Å². The number of phenolic OH excluding ortho intramolecular Hbond substituents is 1. The van der Waals surface area contributed by atoms with Crippen LogP contribution in [0.25, 0.3) is 11.3 Å². The Hall–Kier alpha value is -2.23. The minimum atomic E-state index is -0.660. The number of pyridine rings is 1. The maximum atomic E-state index is 13.7. The highest BCUT2D eigenvalue weighted by molar-refractivity contribution is 6.02. The van der Waals surface area contributed by atoms with Gasteiger partial charge in [-0.15, -0.1) is 0 Å². The Morgan fingerprint density at radius 3 is 2.68 bits per heavy atom. The lowest BCUT2D eigenvalue weighted by Crippen LogP contribution is -2.31. The molecule has 0 saturated carbocycles. The van der Waals surface area contributed by atoms with Gasteiger partial charge >= 0.3 is 0 Å². The minimum Gasteiger partial charge on any atom is -0.505 e. The molecule has 0 unspecified atom stereocenters. The Balaban J connectivity index is 2.07. The third-order valence-corrected chi connectivity index (χ3v) is 4.37. The standard InChI is InChI=1S/C18H18FNO2/c1-10-8-11(9-13(19)16(10)21)14-5-4-12-15(20-14)6-7-18(2,3)17(12)22/h4-5,8-9,21H,6-7H2,1-3H3. The zero-order chi connectivity index (χ0) is 16.1. The van der Waals surface area contributed by atoms with E-state index in [2.05, 4.69) is 4.98 Å². The second-order valence-electron chi connectivity index (χ2n) is 6.53. The molecular formula is C18H18FNO2. The van der Waals surface area contributed by atoms with Gasteiger partial charge in [-0.05, 0) is 49.6 Å². The van der Waals surface area contributed by atoms with Crippen molar-refractivity contribution in [1.29, 1.82) is 0 Å². The summed E-state index contributed by atoms with van der Waals surface area (Å²) in [6, 6.07) is 6.48. The average molecular weight is 299 g/mol. The molecule has 1 aliphatic rings. The highest BCUT2D eigenvalue weighted by atomic mass is 19.1. The number of rotatable bonds is 1. The summed E-state index contributed by atoms with van der Waals surface area (Å²) >= 11 is 0. The lowest BCUT2D eigenvalue weighted by molar-refractivity contribution is 0.0809. The van der Waals surface area contributed by atoms with E-state index < -0.39 is 5.82 Å². The molecule has 1 aromatic heterocycles. The molecule has 0 aliphatic heterocycles. The molecule has 0 fully saturated rings. The first kappa shape index (κ1) is 14.7. The molecule has 1 aliphatic carbocycles. The van der Waals surface area contributed by atoms with Crippen LogP contribution in [-0.4, -0.2) is 15.9 Å². The van der Waals surface area contributed by atoms with Gasteiger partial charge in [-0.2, -0.15) is 0 Å². The van der Waals surface area contributed by atoms with Gasteiger partial charge in [-0.1, -0.05) is 13.8 Å². The molecule has 2 aromatic rings. The van der Waals surface area contributed by atoms with Crippen molar-refractivity contribution in [2.45, 2.75) is 33.6 Å². The molecule has 4 heteroatoms. The van der Waals surface area contributed by atoms with Crippen molar-refractivity contribution in [2.24, 2.45) is 5.41 Å². The average Bonchev–Trinajstić information content (AvgIpc) is 2.48. The van der Waals surface area contributed by atoms with Crippen molar-refractivity contribution in [2.75, 3.05) is 0 Å². The fraction of sp³-hybridized carbons (Fsp3) is 0.333. The van der Waals surface area contributed by atoms with E-state index in [-0.39, 0.29) is 16.9 Å². The molecule has 1 N–H and O–H groups in total. The molecule has 114 valence electrons. The van der Waals surface area contributed by atoms with Crippen molar-refractivity contribution < 1.29 is 14.3 Å². The molecule has 0 amide bonds. The molecule has 3 nitrogen and oxygen atoms in total. The number of aromatic nitrogens is 1. The summed E-state index contributed by atoms with van der Waals surface area (Å²) in [7, 11) is 0. The van der Waals surface area contributed by atoms with Gasteiger partial charge in [-0.25, -0.2) is 4.39 Å². The number of benzene rings is 1. The van der Waals surface area contributed by atoms with Crippen LogP contribution in [0.4, 0.5) is 4.39 Å². The van der Waals surface area contributed by atoms with Crippen molar-refractivity contribution in [3.63, 3.8) is 0 Å². The smallest absolute Gasteiger partial charge is 0.170 e. The number of ketones is 1. The zero-order valence-corrected chi connectivity index (χ0v) is 12.9. The highest BCUT2D eigenvalue weighted by Crippen LogP contribution is 2.35. The molecule has 1 aromatic carbocycles. The van der Waals surface area contributed by atoms with Gasteiger partial charge in [0, 0.05) is 16.5 Å². The third kappa shape index (κ3) is 2.28. The van der Waals surface area contributed by atoms with Crippen LogP contribution in [0.2, 0.25) is 0 Å². The van der Waals surface area contributed by atoms with Crippen molar-refractivity contribution in [3.05, 3.63) is 46.9 Å². The van der Waals surface area contributed by atoms with Crippen LogP contribution in [0.3, 0.4) is 0 Å². The molecule has 0 spiro atoms. The Morgan fingerprint density at radius 1 is 1.27 bits per heavy atom. The molecular weight excluding hydrogens is 281 g/mol. The second kappa shape index (κ2) is 4.90. The number of aryl methyl sites for hydroxylation is 2.